The van der Waals surface area contributed by atoms with Crippen molar-refractivity contribution in [3.63, 3.8) is 0 Å². The largest absolute Gasteiger partial charge is 0.472 e. The highest BCUT2D eigenvalue weighted by Crippen LogP contribution is 2.00. The first-order valence-electron chi connectivity index (χ1n) is 6.61. The maximum Gasteiger partial charge on any atom is 0.255 e. The summed E-state index contributed by atoms with van der Waals surface area (Å²) in [6, 6.07) is 0.742. The smallest absolute Gasteiger partial charge is 0.255 e. The summed E-state index contributed by atoms with van der Waals surface area (Å²) in [6.45, 7) is 6.94. The highest BCUT2D eigenvalue weighted by atomic mass is 16.3. The Balaban J connectivity index is 2.38. The standard InChI is InChI=1S/C14H21N3O4/c1-9(16-13(20)10-5-6-21-8-10)12(19)15-7-11(18)17-14(2,3)4/h5-6,8-9H,7H2,1-4H3,(H,15,19)(H,16,20)(H,17,18). The van der Waals surface area contributed by atoms with Gasteiger partial charge in [-0.25, -0.2) is 0 Å². The number of hydrogen-bond donors (Lipinski definition) is 3. The number of hydrogen-bond acceptors (Lipinski definition) is 4. The van der Waals surface area contributed by atoms with Gasteiger partial charge in [-0.3, -0.25) is 14.4 Å². The summed E-state index contributed by atoms with van der Waals surface area (Å²) in [6.07, 6.45) is 2.66. The fourth-order valence-corrected chi connectivity index (χ4v) is 1.52. The summed E-state index contributed by atoms with van der Waals surface area (Å²) >= 11 is 0. The van der Waals surface area contributed by atoms with Gasteiger partial charge in [0.25, 0.3) is 5.91 Å². The molecule has 0 aromatic carbocycles. The Morgan fingerprint density at radius 2 is 1.95 bits per heavy atom. The van der Waals surface area contributed by atoms with E-state index in [1.165, 1.54) is 25.5 Å². The zero-order valence-corrected chi connectivity index (χ0v) is 12.6. The molecule has 1 aromatic rings. The van der Waals surface area contributed by atoms with Gasteiger partial charge in [-0.2, -0.15) is 0 Å². The quantitative estimate of drug-likeness (QED) is 0.733. The molecule has 3 amide bonds. The third kappa shape index (κ3) is 6.11. The Bertz CT molecular complexity index is 503. The van der Waals surface area contributed by atoms with E-state index >= 15 is 0 Å². The molecule has 0 saturated carbocycles. The molecule has 0 aliphatic carbocycles. The van der Waals surface area contributed by atoms with Crippen LogP contribution in [0.1, 0.15) is 38.1 Å². The van der Waals surface area contributed by atoms with Crippen molar-refractivity contribution in [2.75, 3.05) is 6.54 Å². The van der Waals surface area contributed by atoms with Crippen molar-refractivity contribution >= 4 is 17.7 Å². The molecule has 1 unspecified atom stereocenters. The molecule has 0 radical (unpaired) electrons. The lowest BCUT2D eigenvalue weighted by molar-refractivity contribution is -0.127. The maximum absolute atomic E-state index is 11.8. The van der Waals surface area contributed by atoms with Crippen LogP contribution in [0.5, 0.6) is 0 Å². The Hall–Kier alpha value is -2.31. The average molecular weight is 295 g/mol. The van der Waals surface area contributed by atoms with Gasteiger partial charge in [0.2, 0.25) is 11.8 Å². The first-order valence-corrected chi connectivity index (χ1v) is 6.61. The van der Waals surface area contributed by atoms with Crippen LogP contribution in [0.25, 0.3) is 0 Å². The minimum absolute atomic E-state index is 0.137. The van der Waals surface area contributed by atoms with Crippen molar-refractivity contribution in [2.24, 2.45) is 0 Å². The fraction of sp³-hybridized carbons (Fsp3) is 0.500. The second-order valence-electron chi connectivity index (χ2n) is 5.72. The lowest BCUT2D eigenvalue weighted by Crippen LogP contribution is -2.50. The second kappa shape index (κ2) is 6.92. The zero-order chi connectivity index (χ0) is 16.0. The molecule has 7 heteroatoms. The molecular formula is C14H21N3O4. The van der Waals surface area contributed by atoms with Crippen LogP contribution >= 0.6 is 0 Å². The van der Waals surface area contributed by atoms with E-state index < -0.39 is 17.9 Å². The van der Waals surface area contributed by atoms with Gasteiger partial charge in [0, 0.05) is 5.54 Å². The third-order valence-electron chi connectivity index (χ3n) is 2.46. The van der Waals surface area contributed by atoms with Crippen LogP contribution in [-0.2, 0) is 9.59 Å². The molecule has 0 bridgehead atoms. The highest BCUT2D eigenvalue weighted by Gasteiger charge is 2.19. The van der Waals surface area contributed by atoms with Crippen molar-refractivity contribution in [3.05, 3.63) is 24.2 Å². The van der Waals surface area contributed by atoms with E-state index in [4.69, 9.17) is 4.42 Å². The number of amides is 3. The maximum atomic E-state index is 11.8. The van der Waals surface area contributed by atoms with Crippen LogP contribution in [-0.4, -0.2) is 35.8 Å². The molecule has 1 aromatic heterocycles. The molecule has 7 nitrogen and oxygen atoms in total. The fourth-order valence-electron chi connectivity index (χ4n) is 1.52. The van der Waals surface area contributed by atoms with E-state index in [9.17, 15) is 14.4 Å². The number of furan rings is 1. The van der Waals surface area contributed by atoms with E-state index in [1.54, 1.807) is 0 Å². The summed E-state index contributed by atoms with van der Waals surface area (Å²) < 4.78 is 4.79. The van der Waals surface area contributed by atoms with Crippen LogP contribution in [0.2, 0.25) is 0 Å². The molecule has 0 fully saturated rings. The lowest BCUT2D eigenvalue weighted by Gasteiger charge is -2.21. The second-order valence-corrected chi connectivity index (χ2v) is 5.72. The minimum atomic E-state index is -0.755. The van der Waals surface area contributed by atoms with Gasteiger partial charge >= 0.3 is 0 Å². The van der Waals surface area contributed by atoms with Gasteiger partial charge in [-0.05, 0) is 33.8 Å². The van der Waals surface area contributed by atoms with Crippen molar-refractivity contribution < 1.29 is 18.8 Å². The Labute approximate surface area is 123 Å². The first-order chi connectivity index (χ1) is 9.69. The Kier molecular flexibility index (Phi) is 5.52. The number of rotatable bonds is 5. The van der Waals surface area contributed by atoms with E-state index in [2.05, 4.69) is 16.0 Å². The summed E-state index contributed by atoms with van der Waals surface area (Å²) in [5, 5.41) is 7.70. The van der Waals surface area contributed by atoms with Gasteiger partial charge in [0.1, 0.15) is 12.3 Å². The van der Waals surface area contributed by atoms with Gasteiger partial charge in [-0.15, -0.1) is 0 Å². The molecule has 21 heavy (non-hydrogen) atoms. The minimum Gasteiger partial charge on any atom is -0.472 e. The molecule has 116 valence electrons. The van der Waals surface area contributed by atoms with Gasteiger partial charge in [0.05, 0.1) is 18.4 Å². The molecular weight excluding hydrogens is 274 g/mol. The van der Waals surface area contributed by atoms with Gasteiger partial charge in [0.15, 0.2) is 0 Å². The summed E-state index contributed by atoms with van der Waals surface area (Å²) in [7, 11) is 0. The third-order valence-corrected chi connectivity index (χ3v) is 2.46. The topological polar surface area (TPSA) is 100 Å². The summed E-state index contributed by atoms with van der Waals surface area (Å²) in [5.41, 5.74) is -0.0248. The predicted molar refractivity (Wildman–Crippen MR) is 76.5 cm³/mol. The monoisotopic (exact) mass is 295 g/mol. The molecule has 0 aliphatic heterocycles. The molecule has 1 rings (SSSR count). The van der Waals surface area contributed by atoms with Crippen LogP contribution in [0, 0.1) is 0 Å². The SMILES string of the molecule is CC(NC(=O)c1ccoc1)C(=O)NCC(=O)NC(C)(C)C. The van der Waals surface area contributed by atoms with Gasteiger partial charge < -0.3 is 20.4 Å². The summed E-state index contributed by atoms with van der Waals surface area (Å²) in [5.74, 6) is -1.13. The molecule has 3 N–H and O–H groups in total. The lowest BCUT2D eigenvalue weighted by atomic mass is 10.1. The average Bonchev–Trinajstić information content (AvgIpc) is 2.87. The molecule has 1 heterocycles. The van der Waals surface area contributed by atoms with E-state index in [-0.39, 0.29) is 18.0 Å². The van der Waals surface area contributed by atoms with E-state index in [0.717, 1.165) is 0 Å². The van der Waals surface area contributed by atoms with Crippen molar-refractivity contribution in [1.82, 2.24) is 16.0 Å². The number of nitrogens with one attached hydrogen (secondary N) is 3. The van der Waals surface area contributed by atoms with Gasteiger partial charge in [-0.1, -0.05) is 0 Å². The normalized spacial score (nSPS) is 12.4. The molecule has 0 spiro atoms. The van der Waals surface area contributed by atoms with Crippen LogP contribution in [0.15, 0.2) is 23.0 Å². The summed E-state index contributed by atoms with van der Waals surface area (Å²) in [4.78, 5) is 35.1. The Morgan fingerprint density at radius 3 is 2.48 bits per heavy atom. The van der Waals surface area contributed by atoms with E-state index in [1.807, 2.05) is 20.8 Å². The van der Waals surface area contributed by atoms with Crippen LogP contribution in [0.4, 0.5) is 0 Å². The van der Waals surface area contributed by atoms with Crippen molar-refractivity contribution in [1.29, 1.82) is 0 Å². The van der Waals surface area contributed by atoms with E-state index in [0.29, 0.717) is 5.56 Å². The molecule has 0 aliphatic rings. The van der Waals surface area contributed by atoms with Crippen molar-refractivity contribution in [2.45, 2.75) is 39.3 Å². The zero-order valence-electron chi connectivity index (χ0n) is 12.6. The molecule has 0 saturated heterocycles. The highest BCUT2D eigenvalue weighted by molar-refractivity contribution is 5.97. The molecule has 1 atom stereocenters. The number of carbonyl (C=O) groups is 3. The first kappa shape index (κ1) is 16.7. The number of carbonyl (C=O) groups excluding carboxylic acids is 3. The predicted octanol–water partition coefficient (Wildman–Crippen LogP) is 0.429. The van der Waals surface area contributed by atoms with Crippen LogP contribution in [0.3, 0.4) is 0 Å². The van der Waals surface area contributed by atoms with Crippen molar-refractivity contribution in [3.8, 4) is 0 Å². The Morgan fingerprint density at radius 1 is 1.29 bits per heavy atom. The van der Waals surface area contributed by atoms with Crippen LogP contribution < -0.4 is 16.0 Å².